The first-order chi connectivity index (χ1) is 15.1. The molecule has 0 radical (unpaired) electrons. The lowest BCUT2D eigenvalue weighted by atomic mass is 10.1. The van der Waals surface area contributed by atoms with E-state index in [4.69, 9.17) is 26.1 Å². The lowest BCUT2D eigenvalue weighted by molar-refractivity contribution is 0.309. The molecule has 1 heterocycles. The molecule has 0 spiro atoms. The van der Waals surface area contributed by atoms with Gasteiger partial charge in [0.15, 0.2) is 0 Å². The number of halogens is 2. The second-order valence-corrected chi connectivity index (χ2v) is 8.22. The van der Waals surface area contributed by atoms with Gasteiger partial charge >= 0.3 is 0 Å². The topological polar surface area (TPSA) is 31.4 Å². The minimum absolute atomic E-state index is 0.454. The number of rotatable bonds is 7. The molecule has 0 saturated heterocycles. The Labute approximate surface area is 195 Å². The number of para-hydroxylation sites is 1. The average molecular weight is 495 g/mol. The van der Waals surface area contributed by atoms with Gasteiger partial charge in [-0.2, -0.15) is 0 Å². The molecular formula is C26H21BrClNO2. The van der Waals surface area contributed by atoms with Crippen molar-refractivity contribution in [3.8, 4) is 11.5 Å². The number of ether oxygens (including phenoxy) is 2. The first kappa shape index (κ1) is 21.4. The number of aromatic nitrogens is 1. The maximum Gasteiger partial charge on any atom is 0.146 e. The van der Waals surface area contributed by atoms with Gasteiger partial charge in [-0.25, -0.2) is 4.98 Å². The van der Waals surface area contributed by atoms with Crippen LogP contribution in [-0.4, -0.2) is 11.6 Å². The van der Waals surface area contributed by atoms with E-state index in [1.807, 2.05) is 85.8 Å². The smallest absolute Gasteiger partial charge is 0.146 e. The van der Waals surface area contributed by atoms with Gasteiger partial charge < -0.3 is 9.47 Å². The summed E-state index contributed by atoms with van der Waals surface area (Å²) in [6, 6.07) is 23.6. The fourth-order valence-corrected chi connectivity index (χ4v) is 3.67. The fourth-order valence-electron chi connectivity index (χ4n) is 3.17. The van der Waals surface area contributed by atoms with Crippen molar-refractivity contribution in [2.24, 2.45) is 0 Å². The third-order valence-electron chi connectivity index (χ3n) is 4.72. The number of hydrogen-bond donors (Lipinski definition) is 0. The van der Waals surface area contributed by atoms with Crippen LogP contribution in [0.1, 0.15) is 23.7 Å². The number of pyridine rings is 1. The fraction of sp³-hybridized carbons (Fsp3) is 0.115. The molecule has 0 unspecified atom stereocenters. The minimum Gasteiger partial charge on any atom is -0.494 e. The molecule has 0 fully saturated rings. The summed E-state index contributed by atoms with van der Waals surface area (Å²) in [5.41, 5.74) is 3.76. The molecule has 31 heavy (non-hydrogen) atoms. The van der Waals surface area contributed by atoms with Crippen LogP contribution in [0.3, 0.4) is 0 Å². The zero-order chi connectivity index (χ0) is 21.6. The monoisotopic (exact) mass is 493 g/mol. The molecule has 0 aliphatic carbocycles. The van der Waals surface area contributed by atoms with Gasteiger partial charge in [0.1, 0.15) is 23.6 Å². The zero-order valence-corrected chi connectivity index (χ0v) is 19.4. The van der Waals surface area contributed by atoms with Crippen molar-refractivity contribution >= 4 is 50.6 Å². The van der Waals surface area contributed by atoms with Crippen molar-refractivity contribution in [3.63, 3.8) is 0 Å². The first-order valence-electron chi connectivity index (χ1n) is 10.00. The van der Waals surface area contributed by atoms with Crippen molar-refractivity contribution < 1.29 is 9.47 Å². The van der Waals surface area contributed by atoms with Gasteiger partial charge in [0.2, 0.25) is 0 Å². The molecule has 0 aliphatic rings. The van der Waals surface area contributed by atoms with E-state index >= 15 is 0 Å². The Kier molecular flexibility index (Phi) is 6.90. The molecule has 0 amide bonds. The Hall–Kier alpha value is -2.82. The molecule has 0 aliphatic heterocycles. The average Bonchev–Trinajstić information content (AvgIpc) is 2.79. The minimum atomic E-state index is 0.454. The molecule has 0 saturated carbocycles. The molecule has 0 N–H and O–H groups in total. The van der Waals surface area contributed by atoms with Crippen molar-refractivity contribution in [3.05, 3.63) is 99.1 Å². The summed E-state index contributed by atoms with van der Waals surface area (Å²) in [6.07, 6.45) is 4.02. The Morgan fingerprint density at radius 2 is 1.77 bits per heavy atom. The Morgan fingerprint density at radius 1 is 0.935 bits per heavy atom. The number of hydrogen-bond acceptors (Lipinski definition) is 3. The SMILES string of the molecule is CCOc1ccc(Br)c(/C=C/c2ccc3cccc(OCc4ccc(Cl)cc4)c3n2)c1. The summed E-state index contributed by atoms with van der Waals surface area (Å²) < 4.78 is 12.7. The van der Waals surface area contributed by atoms with E-state index in [1.165, 1.54) is 0 Å². The van der Waals surface area contributed by atoms with Crippen LogP contribution in [0.5, 0.6) is 11.5 Å². The predicted octanol–water partition coefficient (Wildman–Crippen LogP) is 7.80. The van der Waals surface area contributed by atoms with Gasteiger partial charge in [0, 0.05) is 14.9 Å². The second kappa shape index (κ2) is 9.99. The highest BCUT2D eigenvalue weighted by Gasteiger charge is 2.06. The normalized spacial score (nSPS) is 11.2. The molecule has 1 aromatic heterocycles. The molecule has 156 valence electrons. The Bertz CT molecular complexity index is 1220. The van der Waals surface area contributed by atoms with Gasteiger partial charge in [-0.15, -0.1) is 0 Å². The van der Waals surface area contributed by atoms with E-state index in [-0.39, 0.29) is 0 Å². The molecule has 4 rings (SSSR count). The van der Waals surface area contributed by atoms with Crippen LogP contribution in [0, 0.1) is 0 Å². The van der Waals surface area contributed by atoms with Crippen molar-refractivity contribution in [1.82, 2.24) is 4.98 Å². The van der Waals surface area contributed by atoms with E-state index < -0.39 is 0 Å². The number of fused-ring (bicyclic) bond motifs is 1. The number of benzene rings is 3. The van der Waals surface area contributed by atoms with E-state index in [0.29, 0.717) is 18.2 Å². The van der Waals surface area contributed by atoms with Gasteiger partial charge in [-0.05, 0) is 66.6 Å². The quantitative estimate of drug-likeness (QED) is 0.263. The van der Waals surface area contributed by atoms with Crippen LogP contribution in [0.2, 0.25) is 5.02 Å². The van der Waals surface area contributed by atoms with E-state index in [1.54, 1.807) is 0 Å². The summed E-state index contributed by atoms with van der Waals surface area (Å²) in [4.78, 5) is 4.83. The molecule has 0 bridgehead atoms. The van der Waals surface area contributed by atoms with Crippen molar-refractivity contribution in [2.45, 2.75) is 13.5 Å². The van der Waals surface area contributed by atoms with E-state index in [9.17, 15) is 0 Å². The summed E-state index contributed by atoms with van der Waals surface area (Å²) in [6.45, 7) is 3.06. The largest absolute Gasteiger partial charge is 0.494 e. The zero-order valence-electron chi connectivity index (χ0n) is 17.0. The highest BCUT2D eigenvalue weighted by atomic mass is 79.9. The molecule has 4 aromatic rings. The molecular weight excluding hydrogens is 474 g/mol. The molecule has 0 atom stereocenters. The van der Waals surface area contributed by atoms with Crippen LogP contribution >= 0.6 is 27.5 Å². The molecule has 3 nitrogen and oxygen atoms in total. The summed E-state index contributed by atoms with van der Waals surface area (Å²) in [5, 5.41) is 1.75. The highest BCUT2D eigenvalue weighted by molar-refractivity contribution is 9.10. The second-order valence-electron chi connectivity index (χ2n) is 6.93. The first-order valence-corrected chi connectivity index (χ1v) is 11.2. The summed E-state index contributed by atoms with van der Waals surface area (Å²) in [7, 11) is 0. The molecule has 3 aromatic carbocycles. The van der Waals surface area contributed by atoms with E-state index in [2.05, 4.69) is 22.0 Å². The van der Waals surface area contributed by atoms with E-state index in [0.717, 1.165) is 43.7 Å². The van der Waals surface area contributed by atoms with Crippen LogP contribution in [-0.2, 0) is 6.61 Å². The van der Waals surface area contributed by atoms with Crippen LogP contribution in [0.15, 0.2) is 77.3 Å². The van der Waals surface area contributed by atoms with Crippen molar-refractivity contribution in [2.75, 3.05) is 6.61 Å². The third kappa shape index (κ3) is 5.46. The Morgan fingerprint density at radius 3 is 2.58 bits per heavy atom. The van der Waals surface area contributed by atoms with Crippen LogP contribution < -0.4 is 9.47 Å². The van der Waals surface area contributed by atoms with Gasteiger partial charge in [-0.3, -0.25) is 0 Å². The maximum absolute atomic E-state index is 6.07. The predicted molar refractivity (Wildman–Crippen MR) is 132 cm³/mol. The van der Waals surface area contributed by atoms with Gasteiger partial charge in [0.05, 0.1) is 12.3 Å². The highest BCUT2D eigenvalue weighted by Crippen LogP contribution is 2.27. The molecule has 5 heteroatoms. The van der Waals surface area contributed by atoms with Crippen molar-refractivity contribution in [1.29, 1.82) is 0 Å². The maximum atomic E-state index is 6.07. The lowest BCUT2D eigenvalue weighted by Crippen LogP contribution is -1.97. The van der Waals surface area contributed by atoms with Crippen LogP contribution in [0.4, 0.5) is 0 Å². The summed E-state index contributed by atoms with van der Waals surface area (Å²) in [5.74, 6) is 1.59. The van der Waals surface area contributed by atoms with Gasteiger partial charge in [-0.1, -0.05) is 63.9 Å². The van der Waals surface area contributed by atoms with Gasteiger partial charge in [0.25, 0.3) is 0 Å². The standard InChI is InChI=1S/C26H21BrClNO2/c1-2-30-23-14-15-24(27)20(16-23)9-13-22-12-8-19-4-3-5-25(26(19)29-22)31-17-18-6-10-21(28)11-7-18/h3-16H,2,17H2,1H3/b13-9+. The summed E-state index contributed by atoms with van der Waals surface area (Å²) >= 11 is 9.56. The third-order valence-corrected chi connectivity index (χ3v) is 5.70. The van der Waals surface area contributed by atoms with Crippen LogP contribution in [0.25, 0.3) is 23.1 Å². The number of nitrogens with zero attached hydrogens (tertiary/aromatic N) is 1. The Balaban J connectivity index is 1.58. The lowest BCUT2D eigenvalue weighted by Gasteiger charge is -2.10.